The molecule has 5 nitrogen and oxygen atoms in total. The van der Waals surface area contributed by atoms with Gasteiger partial charge in [-0.2, -0.15) is 0 Å². The number of carbonyl (C=O) groups excluding carboxylic acids is 2. The van der Waals surface area contributed by atoms with Crippen LogP contribution in [0, 0.1) is 0 Å². The Morgan fingerprint density at radius 1 is 1.09 bits per heavy atom. The van der Waals surface area contributed by atoms with E-state index < -0.39 is 11.8 Å². The fraction of sp³-hybridized carbons (Fsp3) is 0.0588. The summed E-state index contributed by atoms with van der Waals surface area (Å²) in [6, 6.07) is 14.0. The zero-order valence-corrected chi connectivity index (χ0v) is 13.1. The van der Waals surface area contributed by atoms with Gasteiger partial charge in [-0.05, 0) is 29.8 Å². The molecule has 0 heterocycles. The smallest absolute Gasteiger partial charge is 0.273 e. The Kier molecular flexibility index (Phi) is 5.77. The molecule has 0 saturated carbocycles. The van der Waals surface area contributed by atoms with Gasteiger partial charge in [-0.15, -0.1) is 0 Å². The van der Waals surface area contributed by atoms with Gasteiger partial charge in [-0.25, -0.2) is 0 Å². The number of hydrogen-bond donors (Lipinski definition) is 2. The standard InChI is InChI=1S/C17H15ClN2O3/c1-23-15-9-8-13(18)11-14(15)17(22)20-19-16(21)10-7-12-5-3-2-4-6-12/h2-11H,1H3,(H,19,21)(H,20,22)/b10-7+. The predicted octanol–water partition coefficient (Wildman–Crippen LogP) is 2.82. The van der Waals surface area contributed by atoms with Gasteiger partial charge in [0.05, 0.1) is 12.7 Å². The Balaban J connectivity index is 1.95. The molecular formula is C17H15ClN2O3. The highest BCUT2D eigenvalue weighted by Crippen LogP contribution is 2.22. The van der Waals surface area contributed by atoms with Crippen LogP contribution in [0.15, 0.2) is 54.6 Å². The van der Waals surface area contributed by atoms with Crippen LogP contribution in [0.2, 0.25) is 5.02 Å². The van der Waals surface area contributed by atoms with Crippen LogP contribution >= 0.6 is 11.6 Å². The first-order valence-electron chi connectivity index (χ1n) is 6.77. The number of methoxy groups -OCH3 is 1. The molecule has 2 rings (SSSR count). The number of halogens is 1. The summed E-state index contributed by atoms with van der Waals surface area (Å²) in [5.74, 6) is -0.616. The lowest BCUT2D eigenvalue weighted by Gasteiger charge is -2.09. The van der Waals surface area contributed by atoms with Gasteiger partial charge in [-0.1, -0.05) is 41.9 Å². The second-order valence-corrected chi connectivity index (χ2v) is 4.97. The molecule has 6 heteroatoms. The first kappa shape index (κ1) is 16.6. The van der Waals surface area contributed by atoms with Gasteiger partial charge in [0.1, 0.15) is 5.75 Å². The van der Waals surface area contributed by atoms with E-state index in [-0.39, 0.29) is 5.56 Å². The van der Waals surface area contributed by atoms with E-state index in [2.05, 4.69) is 10.9 Å². The summed E-state index contributed by atoms with van der Waals surface area (Å²) in [6.07, 6.45) is 2.96. The first-order valence-corrected chi connectivity index (χ1v) is 7.15. The van der Waals surface area contributed by atoms with Crippen LogP contribution in [0.25, 0.3) is 6.08 Å². The average molecular weight is 331 g/mol. The second-order valence-electron chi connectivity index (χ2n) is 4.53. The monoisotopic (exact) mass is 330 g/mol. The summed E-state index contributed by atoms with van der Waals surface area (Å²) in [5.41, 5.74) is 5.72. The van der Waals surface area contributed by atoms with Crippen LogP contribution in [0.4, 0.5) is 0 Å². The van der Waals surface area contributed by atoms with Crippen LogP contribution in [0.1, 0.15) is 15.9 Å². The van der Waals surface area contributed by atoms with Crippen LogP contribution in [0.3, 0.4) is 0 Å². The minimum atomic E-state index is -0.522. The molecular weight excluding hydrogens is 316 g/mol. The fourth-order valence-electron chi connectivity index (χ4n) is 1.82. The molecule has 0 radical (unpaired) electrons. The summed E-state index contributed by atoms with van der Waals surface area (Å²) in [4.78, 5) is 23.8. The molecule has 0 aliphatic carbocycles. The number of hydrogen-bond acceptors (Lipinski definition) is 3. The molecule has 0 saturated heterocycles. The van der Waals surface area contributed by atoms with E-state index in [1.165, 1.54) is 19.3 Å². The molecule has 118 valence electrons. The van der Waals surface area contributed by atoms with Crippen LogP contribution < -0.4 is 15.6 Å². The lowest BCUT2D eigenvalue weighted by Crippen LogP contribution is -2.40. The highest BCUT2D eigenvalue weighted by Gasteiger charge is 2.13. The molecule has 0 unspecified atom stereocenters. The third kappa shape index (κ3) is 4.86. The van der Waals surface area contributed by atoms with Gasteiger partial charge >= 0.3 is 0 Å². The molecule has 0 spiro atoms. The SMILES string of the molecule is COc1ccc(Cl)cc1C(=O)NNC(=O)/C=C/c1ccccc1. The predicted molar refractivity (Wildman–Crippen MR) is 89.1 cm³/mol. The zero-order valence-electron chi connectivity index (χ0n) is 12.4. The maximum absolute atomic E-state index is 12.1. The minimum absolute atomic E-state index is 0.229. The van der Waals surface area contributed by atoms with Crippen molar-refractivity contribution in [2.24, 2.45) is 0 Å². The second kappa shape index (κ2) is 8.00. The number of nitrogens with one attached hydrogen (secondary N) is 2. The number of hydrazine groups is 1. The van der Waals surface area contributed by atoms with Gasteiger partial charge in [0.15, 0.2) is 0 Å². The van der Waals surface area contributed by atoms with E-state index in [1.54, 1.807) is 18.2 Å². The van der Waals surface area contributed by atoms with Gasteiger partial charge in [-0.3, -0.25) is 20.4 Å². The molecule has 0 aliphatic heterocycles. The molecule has 2 amide bonds. The topological polar surface area (TPSA) is 67.4 Å². The number of carbonyl (C=O) groups is 2. The van der Waals surface area contributed by atoms with E-state index in [0.717, 1.165) is 5.56 Å². The third-order valence-corrected chi connectivity index (χ3v) is 3.17. The third-order valence-electron chi connectivity index (χ3n) is 2.93. The molecule has 0 aliphatic rings. The number of rotatable bonds is 4. The number of ether oxygens (including phenoxy) is 1. The van der Waals surface area contributed by atoms with Crippen molar-refractivity contribution in [1.29, 1.82) is 0 Å². The van der Waals surface area contributed by atoms with E-state index in [9.17, 15) is 9.59 Å². The summed E-state index contributed by atoms with van der Waals surface area (Å²) >= 11 is 5.86. The molecule has 0 aromatic heterocycles. The largest absolute Gasteiger partial charge is 0.496 e. The highest BCUT2D eigenvalue weighted by atomic mass is 35.5. The Morgan fingerprint density at radius 2 is 1.83 bits per heavy atom. The Morgan fingerprint density at radius 3 is 2.52 bits per heavy atom. The van der Waals surface area contributed by atoms with Crippen molar-refractivity contribution in [3.05, 3.63) is 70.8 Å². The summed E-state index contributed by atoms with van der Waals surface area (Å²) in [5, 5.41) is 0.395. The molecule has 2 N–H and O–H groups in total. The van der Waals surface area contributed by atoms with Crippen LogP contribution in [-0.2, 0) is 4.79 Å². The Hall–Kier alpha value is -2.79. The van der Waals surface area contributed by atoms with Crippen molar-refractivity contribution in [3.8, 4) is 5.75 Å². The van der Waals surface area contributed by atoms with Crippen molar-refractivity contribution in [3.63, 3.8) is 0 Å². The molecule has 23 heavy (non-hydrogen) atoms. The molecule has 2 aromatic rings. The fourth-order valence-corrected chi connectivity index (χ4v) is 1.99. The zero-order chi connectivity index (χ0) is 16.7. The number of amides is 2. The van der Waals surface area contributed by atoms with Gasteiger partial charge < -0.3 is 4.74 Å². The van der Waals surface area contributed by atoms with Crippen molar-refractivity contribution in [2.75, 3.05) is 7.11 Å². The normalized spacial score (nSPS) is 10.3. The van der Waals surface area contributed by atoms with Crippen molar-refractivity contribution < 1.29 is 14.3 Å². The molecule has 0 bridgehead atoms. The maximum Gasteiger partial charge on any atom is 0.273 e. The van der Waals surface area contributed by atoms with E-state index in [0.29, 0.717) is 10.8 Å². The highest BCUT2D eigenvalue weighted by molar-refractivity contribution is 6.31. The molecule has 0 fully saturated rings. The average Bonchev–Trinajstić information content (AvgIpc) is 2.58. The molecule has 2 aromatic carbocycles. The van der Waals surface area contributed by atoms with Gasteiger partial charge in [0, 0.05) is 11.1 Å². The van der Waals surface area contributed by atoms with Crippen molar-refractivity contribution in [2.45, 2.75) is 0 Å². The van der Waals surface area contributed by atoms with Crippen molar-refractivity contribution >= 4 is 29.5 Å². The van der Waals surface area contributed by atoms with Gasteiger partial charge in [0.25, 0.3) is 11.8 Å². The Labute approximate surface area is 138 Å². The van der Waals surface area contributed by atoms with Gasteiger partial charge in [0.2, 0.25) is 0 Å². The van der Waals surface area contributed by atoms with E-state index in [4.69, 9.17) is 16.3 Å². The summed E-state index contributed by atoms with van der Waals surface area (Å²) in [7, 11) is 1.45. The number of benzene rings is 2. The van der Waals surface area contributed by atoms with Crippen LogP contribution in [-0.4, -0.2) is 18.9 Å². The lowest BCUT2D eigenvalue weighted by atomic mass is 10.2. The van der Waals surface area contributed by atoms with Crippen LogP contribution in [0.5, 0.6) is 5.75 Å². The quantitative estimate of drug-likeness (QED) is 0.669. The minimum Gasteiger partial charge on any atom is -0.496 e. The first-order chi connectivity index (χ1) is 11.1. The molecule has 0 atom stereocenters. The van der Waals surface area contributed by atoms with E-state index in [1.807, 2.05) is 30.3 Å². The summed E-state index contributed by atoms with van der Waals surface area (Å²) < 4.78 is 5.09. The van der Waals surface area contributed by atoms with Crippen molar-refractivity contribution in [1.82, 2.24) is 10.9 Å². The maximum atomic E-state index is 12.1. The lowest BCUT2D eigenvalue weighted by molar-refractivity contribution is -0.117. The van der Waals surface area contributed by atoms with E-state index >= 15 is 0 Å². The Bertz CT molecular complexity index is 730. The summed E-state index contributed by atoms with van der Waals surface area (Å²) in [6.45, 7) is 0.